The number of nitriles is 1. The molecular formula is C11H14N4. The quantitative estimate of drug-likeness (QED) is 0.797. The fourth-order valence-electron chi connectivity index (χ4n) is 1.95. The van der Waals surface area contributed by atoms with Gasteiger partial charge in [0.1, 0.15) is 11.9 Å². The van der Waals surface area contributed by atoms with Gasteiger partial charge in [0.05, 0.1) is 0 Å². The molecule has 0 bridgehead atoms. The zero-order valence-electron chi connectivity index (χ0n) is 8.61. The van der Waals surface area contributed by atoms with E-state index in [1.165, 1.54) is 32.1 Å². The highest BCUT2D eigenvalue weighted by Crippen LogP contribution is 2.20. The molecule has 4 nitrogen and oxygen atoms in total. The molecule has 1 aromatic heterocycles. The van der Waals surface area contributed by atoms with Crippen molar-refractivity contribution in [3.8, 4) is 6.07 Å². The topological polar surface area (TPSA) is 61.6 Å². The van der Waals surface area contributed by atoms with Crippen molar-refractivity contribution in [1.29, 1.82) is 5.26 Å². The Hall–Kier alpha value is -1.63. The minimum Gasteiger partial charge on any atom is -0.367 e. The molecule has 1 N–H and O–H groups in total. The smallest absolute Gasteiger partial charge is 0.234 e. The molecule has 1 fully saturated rings. The van der Waals surface area contributed by atoms with Gasteiger partial charge in [0.15, 0.2) is 0 Å². The van der Waals surface area contributed by atoms with Crippen LogP contribution >= 0.6 is 0 Å². The van der Waals surface area contributed by atoms with E-state index >= 15 is 0 Å². The minimum absolute atomic E-state index is 0.232. The maximum absolute atomic E-state index is 8.67. The highest BCUT2D eigenvalue weighted by atomic mass is 15.0. The molecule has 1 heterocycles. The highest BCUT2D eigenvalue weighted by Gasteiger charge is 2.13. The first-order valence-corrected chi connectivity index (χ1v) is 5.38. The van der Waals surface area contributed by atoms with Crippen LogP contribution in [0.1, 0.15) is 37.9 Å². The normalized spacial score (nSPS) is 17.0. The van der Waals surface area contributed by atoms with E-state index in [4.69, 9.17) is 5.26 Å². The van der Waals surface area contributed by atoms with Gasteiger partial charge in [0.25, 0.3) is 0 Å². The zero-order valence-corrected chi connectivity index (χ0v) is 8.61. The Kier molecular flexibility index (Phi) is 3.13. The van der Waals surface area contributed by atoms with Gasteiger partial charge in [0, 0.05) is 12.2 Å². The third-order valence-corrected chi connectivity index (χ3v) is 2.71. The number of nitrogens with zero attached hydrogens (tertiary/aromatic N) is 3. The summed E-state index contributed by atoms with van der Waals surface area (Å²) < 4.78 is 0. The predicted molar refractivity (Wildman–Crippen MR) is 57.2 cm³/mol. The van der Waals surface area contributed by atoms with Crippen molar-refractivity contribution >= 4 is 5.82 Å². The standard InChI is InChI=1S/C11H14N4/c12-8-11-13-7-6-10(15-11)14-9-4-2-1-3-5-9/h6-7,9H,1-5H2,(H,13,14,15). The van der Waals surface area contributed by atoms with Crippen molar-refractivity contribution in [3.05, 3.63) is 18.1 Å². The van der Waals surface area contributed by atoms with E-state index in [9.17, 15) is 0 Å². The summed E-state index contributed by atoms with van der Waals surface area (Å²) in [5.41, 5.74) is 0. The van der Waals surface area contributed by atoms with Crippen molar-refractivity contribution < 1.29 is 0 Å². The summed E-state index contributed by atoms with van der Waals surface area (Å²) in [7, 11) is 0. The molecule has 1 aromatic rings. The van der Waals surface area contributed by atoms with Gasteiger partial charge < -0.3 is 5.32 Å². The van der Waals surface area contributed by atoms with Crippen LogP contribution in [-0.2, 0) is 0 Å². The van der Waals surface area contributed by atoms with E-state index in [0.29, 0.717) is 6.04 Å². The molecule has 4 heteroatoms. The van der Waals surface area contributed by atoms with Crippen LogP contribution < -0.4 is 5.32 Å². The van der Waals surface area contributed by atoms with Crippen LogP contribution in [0.25, 0.3) is 0 Å². The number of aromatic nitrogens is 2. The number of anilines is 1. The molecule has 1 aliphatic rings. The van der Waals surface area contributed by atoms with Crippen molar-refractivity contribution in [1.82, 2.24) is 9.97 Å². The third-order valence-electron chi connectivity index (χ3n) is 2.71. The number of rotatable bonds is 2. The van der Waals surface area contributed by atoms with Gasteiger partial charge >= 0.3 is 0 Å². The summed E-state index contributed by atoms with van der Waals surface area (Å²) in [6.45, 7) is 0. The van der Waals surface area contributed by atoms with Gasteiger partial charge in [-0.05, 0) is 18.9 Å². The molecule has 0 saturated heterocycles. The Morgan fingerprint density at radius 3 is 2.87 bits per heavy atom. The fraction of sp³-hybridized carbons (Fsp3) is 0.545. The van der Waals surface area contributed by atoms with Crippen molar-refractivity contribution in [2.75, 3.05) is 5.32 Å². The fourth-order valence-corrected chi connectivity index (χ4v) is 1.95. The first-order chi connectivity index (χ1) is 7.38. The lowest BCUT2D eigenvalue weighted by Gasteiger charge is -2.23. The van der Waals surface area contributed by atoms with Crippen LogP contribution in [-0.4, -0.2) is 16.0 Å². The summed E-state index contributed by atoms with van der Waals surface area (Å²) >= 11 is 0. The minimum atomic E-state index is 0.232. The first kappa shape index (κ1) is 9.91. The van der Waals surface area contributed by atoms with Crippen LogP contribution in [0.15, 0.2) is 12.3 Å². The first-order valence-electron chi connectivity index (χ1n) is 5.38. The summed E-state index contributed by atoms with van der Waals surface area (Å²) in [4.78, 5) is 7.94. The Morgan fingerprint density at radius 2 is 2.13 bits per heavy atom. The third kappa shape index (κ3) is 2.66. The molecule has 1 aliphatic carbocycles. The second-order valence-corrected chi connectivity index (χ2v) is 3.86. The SMILES string of the molecule is N#Cc1nccc(NC2CCCCC2)n1. The van der Waals surface area contributed by atoms with Gasteiger partial charge in [0.2, 0.25) is 5.82 Å². The van der Waals surface area contributed by atoms with Gasteiger partial charge in [-0.2, -0.15) is 5.26 Å². The summed E-state index contributed by atoms with van der Waals surface area (Å²) in [6, 6.07) is 4.27. The molecule has 0 aliphatic heterocycles. The van der Waals surface area contributed by atoms with E-state index in [1.54, 1.807) is 6.20 Å². The average molecular weight is 202 g/mol. The molecule has 0 aromatic carbocycles. The van der Waals surface area contributed by atoms with E-state index in [-0.39, 0.29) is 5.82 Å². The number of nitrogens with one attached hydrogen (secondary N) is 1. The predicted octanol–water partition coefficient (Wildman–Crippen LogP) is 2.09. The van der Waals surface area contributed by atoms with Crippen molar-refractivity contribution in [3.63, 3.8) is 0 Å². The molecule has 0 atom stereocenters. The molecule has 15 heavy (non-hydrogen) atoms. The number of hydrogen-bond donors (Lipinski definition) is 1. The monoisotopic (exact) mass is 202 g/mol. The molecule has 0 radical (unpaired) electrons. The average Bonchev–Trinajstić information content (AvgIpc) is 2.31. The second-order valence-electron chi connectivity index (χ2n) is 3.86. The van der Waals surface area contributed by atoms with E-state index in [0.717, 1.165) is 5.82 Å². The lowest BCUT2D eigenvalue weighted by atomic mass is 9.95. The van der Waals surface area contributed by atoms with Gasteiger partial charge in [-0.1, -0.05) is 19.3 Å². The van der Waals surface area contributed by atoms with Gasteiger partial charge in [-0.3, -0.25) is 0 Å². The summed E-state index contributed by atoms with van der Waals surface area (Å²) in [5.74, 6) is 1.00. The lowest BCUT2D eigenvalue weighted by Crippen LogP contribution is -2.22. The zero-order chi connectivity index (χ0) is 10.5. The molecule has 0 amide bonds. The van der Waals surface area contributed by atoms with E-state index in [1.807, 2.05) is 12.1 Å². The van der Waals surface area contributed by atoms with Crippen molar-refractivity contribution in [2.24, 2.45) is 0 Å². The van der Waals surface area contributed by atoms with Crippen LogP contribution in [0.5, 0.6) is 0 Å². The van der Waals surface area contributed by atoms with E-state index in [2.05, 4.69) is 15.3 Å². The number of hydrogen-bond acceptors (Lipinski definition) is 4. The Labute approximate surface area is 89.4 Å². The van der Waals surface area contributed by atoms with E-state index < -0.39 is 0 Å². The Balaban J connectivity index is 2.00. The maximum Gasteiger partial charge on any atom is 0.234 e. The second kappa shape index (κ2) is 4.74. The molecule has 0 spiro atoms. The van der Waals surface area contributed by atoms with Crippen LogP contribution in [0.3, 0.4) is 0 Å². The van der Waals surface area contributed by atoms with Crippen LogP contribution in [0.2, 0.25) is 0 Å². The van der Waals surface area contributed by atoms with Gasteiger partial charge in [-0.15, -0.1) is 0 Å². The molecule has 1 saturated carbocycles. The maximum atomic E-state index is 8.67. The van der Waals surface area contributed by atoms with Crippen molar-refractivity contribution in [2.45, 2.75) is 38.1 Å². The van der Waals surface area contributed by atoms with Crippen LogP contribution in [0.4, 0.5) is 5.82 Å². The highest BCUT2D eigenvalue weighted by molar-refractivity contribution is 5.36. The van der Waals surface area contributed by atoms with Gasteiger partial charge in [-0.25, -0.2) is 9.97 Å². The lowest BCUT2D eigenvalue weighted by molar-refractivity contribution is 0.462. The largest absolute Gasteiger partial charge is 0.367 e. The molecule has 78 valence electrons. The molecule has 2 rings (SSSR count). The summed E-state index contributed by atoms with van der Waals surface area (Å²) in [6.07, 6.45) is 7.93. The summed E-state index contributed by atoms with van der Waals surface area (Å²) in [5, 5.41) is 12.0. The van der Waals surface area contributed by atoms with Crippen LogP contribution in [0, 0.1) is 11.3 Å². The Morgan fingerprint density at radius 1 is 1.33 bits per heavy atom. The molecular weight excluding hydrogens is 188 g/mol. The molecule has 0 unspecified atom stereocenters. The Bertz CT molecular complexity index is 363.